The monoisotopic (exact) mass is 567 g/mol. The van der Waals surface area contributed by atoms with E-state index < -0.39 is 23.7 Å². The number of ether oxygens (including phenoxy) is 1. The van der Waals surface area contributed by atoms with E-state index in [4.69, 9.17) is 14.7 Å². The molecule has 0 atom stereocenters. The SMILES string of the molecule is COc1cncc(N(C)C(=O)c2cccc(-n3nc(C(F)(F)F)c4c3N(Oc3ccc(C(=O)O)cc3)CCC4)c2)c1. The van der Waals surface area contributed by atoms with Gasteiger partial charge in [0, 0.05) is 24.2 Å². The Bertz CT molecular complexity index is 1600. The van der Waals surface area contributed by atoms with Gasteiger partial charge >= 0.3 is 12.1 Å². The summed E-state index contributed by atoms with van der Waals surface area (Å²) in [5.41, 5.74) is -0.156. The Hall–Kier alpha value is -5.07. The van der Waals surface area contributed by atoms with Crippen LogP contribution in [0.2, 0.25) is 0 Å². The number of pyridine rings is 1. The Morgan fingerprint density at radius 3 is 2.46 bits per heavy atom. The Morgan fingerprint density at radius 1 is 1.02 bits per heavy atom. The quantitative estimate of drug-likeness (QED) is 0.332. The van der Waals surface area contributed by atoms with Gasteiger partial charge in [-0.2, -0.15) is 23.3 Å². The molecule has 41 heavy (non-hydrogen) atoms. The molecule has 0 spiro atoms. The molecule has 2 aromatic carbocycles. The van der Waals surface area contributed by atoms with Gasteiger partial charge in [-0.3, -0.25) is 9.78 Å². The van der Waals surface area contributed by atoms with Gasteiger partial charge in [-0.25, -0.2) is 9.48 Å². The largest absolute Gasteiger partial charge is 0.495 e. The maximum Gasteiger partial charge on any atom is 0.435 e. The molecule has 0 fully saturated rings. The van der Waals surface area contributed by atoms with Crippen molar-refractivity contribution in [2.75, 3.05) is 30.7 Å². The minimum absolute atomic E-state index is 0.0391. The van der Waals surface area contributed by atoms with E-state index in [1.165, 1.54) is 59.8 Å². The standard InChI is InChI=1S/C28H24F3N5O5/c1-34(20-14-22(40-2)16-32-15-20)26(37)18-5-3-6-19(13-18)36-25-23(24(33-36)28(29,30)31)7-4-12-35(25)41-21-10-8-17(9-11-21)27(38)39/h3,5-6,8-11,13-16H,4,7,12H2,1-2H3,(H,38,39). The van der Waals surface area contributed by atoms with Crippen LogP contribution in [0.25, 0.3) is 5.69 Å². The Kier molecular flexibility index (Phi) is 7.26. The number of anilines is 2. The number of amides is 1. The molecule has 1 aliphatic rings. The molecule has 4 aromatic rings. The zero-order valence-corrected chi connectivity index (χ0v) is 21.9. The van der Waals surface area contributed by atoms with Crippen molar-refractivity contribution < 1.29 is 37.4 Å². The van der Waals surface area contributed by atoms with Gasteiger partial charge in [0.25, 0.3) is 5.91 Å². The van der Waals surface area contributed by atoms with Crippen LogP contribution in [-0.2, 0) is 12.6 Å². The Balaban J connectivity index is 1.53. The van der Waals surface area contributed by atoms with Crippen LogP contribution in [0, 0.1) is 0 Å². The van der Waals surface area contributed by atoms with E-state index in [0.29, 0.717) is 17.9 Å². The van der Waals surface area contributed by atoms with Crippen LogP contribution in [0.5, 0.6) is 11.5 Å². The third-order valence-corrected chi connectivity index (χ3v) is 6.53. The highest BCUT2D eigenvalue weighted by Gasteiger charge is 2.42. The van der Waals surface area contributed by atoms with Crippen LogP contribution in [0.3, 0.4) is 0 Å². The predicted octanol–water partition coefficient (Wildman–Crippen LogP) is 5.02. The van der Waals surface area contributed by atoms with Gasteiger partial charge < -0.3 is 19.6 Å². The van der Waals surface area contributed by atoms with E-state index in [2.05, 4.69) is 10.1 Å². The molecule has 0 aliphatic carbocycles. The van der Waals surface area contributed by atoms with E-state index in [9.17, 15) is 22.8 Å². The first-order chi connectivity index (χ1) is 19.6. The number of aromatic nitrogens is 3. The van der Waals surface area contributed by atoms with E-state index in [1.54, 1.807) is 31.3 Å². The van der Waals surface area contributed by atoms with Crippen molar-refractivity contribution in [3.8, 4) is 17.2 Å². The van der Waals surface area contributed by atoms with Gasteiger partial charge in [0.1, 0.15) is 5.75 Å². The summed E-state index contributed by atoms with van der Waals surface area (Å²) in [5, 5.41) is 14.4. The summed E-state index contributed by atoms with van der Waals surface area (Å²) in [6.45, 7) is 0.251. The molecule has 5 rings (SSSR count). The van der Waals surface area contributed by atoms with Crippen molar-refractivity contribution in [1.82, 2.24) is 14.8 Å². The fraction of sp³-hybridized carbons (Fsp3) is 0.214. The molecular formula is C28H24F3N5O5. The molecule has 0 saturated heterocycles. The van der Waals surface area contributed by atoms with Crippen LogP contribution < -0.4 is 19.5 Å². The molecule has 1 amide bonds. The van der Waals surface area contributed by atoms with Gasteiger partial charge in [-0.1, -0.05) is 6.07 Å². The number of methoxy groups -OCH3 is 1. The first-order valence-electron chi connectivity index (χ1n) is 12.4. The number of hydrogen-bond acceptors (Lipinski definition) is 7. The van der Waals surface area contributed by atoms with Gasteiger partial charge in [-0.15, -0.1) is 0 Å². The number of nitrogens with zero attached hydrogens (tertiary/aromatic N) is 5. The van der Waals surface area contributed by atoms with Crippen LogP contribution in [0.15, 0.2) is 67.0 Å². The molecule has 1 N–H and O–H groups in total. The van der Waals surface area contributed by atoms with Crippen LogP contribution in [0.1, 0.15) is 38.4 Å². The number of halogens is 3. The van der Waals surface area contributed by atoms with Crippen LogP contribution in [-0.4, -0.2) is 52.4 Å². The number of carbonyl (C=O) groups excluding carboxylic acids is 1. The summed E-state index contributed by atoms with van der Waals surface area (Å²) in [7, 11) is 3.03. The average molecular weight is 568 g/mol. The number of hydroxylamine groups is 1. The number of carbonyl (C=O) groups is 2. The lowest BCUT2D eigenvalue weighted by Gasteiger charge is -2.29. The number of hydrogen-bond donors (Lipinski definition) is 1. The number of carboxylic acid groups (broad SMARTS) is 1. The van der Waals surface area contributed by atoms with E-state index in [0.717, 1.165) is 4.68 Å². The van der Waals surface area contributed by atoms with Crippen molar-refractivity contribution in [2.45, 2.75) is 19.0 Å². The lowest BCUT2D eigenvalue weighted by Crippen LogP contribution is -2.34. The molecule has 3 heterocycles. The minimum atomic E-state index is -4.73. The number of alkyl halides is 3. The summed E-state index contributed by atoms with van der Waals surface area (Å²) < 4.78 is 48.5. The molecule has 0 radical (unpaired) electrons. The second kappa shape index (κ2) is 10.8. The number of carboxylic acids is 1. The highest BCUT2D eigenvalue weighted by molar-refractivity contribution is 6.06. The lowest BCUT2D eigenvalue weighted by molar-refractivity contribution is -0.142. The zero-order valence-electron chi connectivity index (χ0n) is 21.9. The molecule has 0 saturated carbocycles. The average Bonchev–Trinajstić information content (AvgIpc) is 3.38. The fourth-order valence-electron chi connectivity index (χ4n) is 4.50. The highest BCUT2D eigenvalue weighted by atomic mass is 19.4. The van der Waals surface area contributed by atoms with E-state index in [1.807, 2.05) is 0 Å². The molecule has 13 heteroatoms. The molecule has 2 aromatic heterocycles. The fourth-order valence-corrected chi connectivity index (χ4v) is 4.50. The first-order valence-corrected chi connectivity index (χ1v) is 12.4. The van der Waals surface area contributed by atoms with Crippen molar-refractivity contribution >= 4 is 23.4 Å². The first kappa shape index (κ1) is 27.5. The third kappa shape index (κ3) is 5.51. The van der Waals surface area contributed by atoms with E-state index in [-0.39, 0.29) is 46.9 Å². The van der Waals surface area contributed by atoms with Crippen LogP contribution in [0.4, 0.5) is 24.7 Å². The number of fused-ring (bicyclic) bond motifs is 1. The van der Waals surface area contributed by atoms with E-state index >= 15 is 0 Å². The van der Waals surface area contributed by atoms with Crippen molar-refractivity contribution in [1.29, 1.82) is 0 Å². The van der Waals surface area contributed by atoms with Crippen LogP contribution >= 0.6 is 0 Å². The molecular weight excluding hydrogens is 543 g/mol. The highest BCUT2D eigenvalue weighted by Crippen LogP contribution is 2.40. The number of aromatic carboxylic acids is 1. The predicted molar refractivity (Wildman–Crippen MR) is 142 cm³/mol. The Labute approximate surface area is 232 Å². The van der Waals surface area contributed by atoms with Gasteiger partial charge in [0.15, 0.2) is 17.3 Å². The summed E-state index contributed by atoms with van der Waals surface area (Å²) >= 11 is 0. The van der Waals surface area contributed by atoms with Crippen molar-refractivity contribution in [2.24, 2.45) is 0 Å². The Morgan fingerprint density at radius 2 is 1.78 bits per heavy atom. The third-order valence-electron chi connectivity index (χ3n) is 6.53. The zero-order chi connectivity index (χ0) is 29.3. The molecule has 0 unspecified atom stereocenters. The lowest BCUT2D eigenvalue weighted by atomic mass is 10.1. The molecule has 1 aliphatic heterocycles. The second-order valence-electron chi connectivity index (χ2n) is 9.18. The number of rotatable bonds is 7. The summed E-state index contributed by atoms with van der Waals surface area (Å²) in [6.07, 6.45) is -1.26. The van der Waals surface area contributed by atoms with Gasteiger partial charge in [-0.05, 0) is 55.3 Å². The molecule has 0 bridgehead atoms. The maximum absolute atomic E-state index is 14.1. The molecule has 212 valence electrons. The smallest absolute Gasteiger partial charge is 0.435 e. The number of benzene rings is 2. The van der Waals surface area contributed by atoms with Gasteiger partial charge in [0.05, 0.1) is 43.0 Å². The normalized spacial score (nSPS) is 13.0. The summed E-state index contributed by atoms with van der Waals surface area (Å²) in [4.78, 5) is 35.8. The van der Waals surface area contributed by atoms with Gasteiger partial charge in [0.2, 0.25) is 0 Å². The van der Waals surface area contributed by atoms with Crippen molar-refractivity contribution in [3.05, 3.63) is 89.4 Å². The summed E-state index contributed by atoms with van der Waals surface area (Å²) in [5.74, 6) is -0.781. The van der Waals surface area contributed by atoms with Crippen molar-refractivity contribution in [3.63, 3.8) is 0 Å². The molecule has 10 nitrogen and oxygen atoms in total. The summed E-state index contributed by atoms with van der Waals surface area (Å²) in [6, 6.07) is 13.3. The minimum Gasteiger partial charge on any atom is -0.495 e. The second-order valence-corrected chi connectivity index (χ2v) is 9.18. The topological polar surface area (TPSA) is 110 Å². The maximum atomic E-state index is 14.1.